The number of nitrogens with zero attached hydrogens (tertiary/aromatic N) is 4. The highest BCUT2D eigenvalue weighted by atomic mass is 16.5. The Morgan fingerprint density at radius 2 is 1.91 bits per heavy atom. The van der Waals surface area contributed by atoms with Gasteiger partial charge in [0.2, 0.25) is 5.89 Å². The fraction of sp³-hybridized carbons (Fsp3) is 0.320. The minimum absolute atomic E-state index is 0.207. The molecule has 0 unspecified atom stereocenters. The van der Waals surface area contributed by atoms with Crippen molar-refractivity contribution in [3.63, 3.8) is 0 Å². The van der Waals surface area contributed by atoms with Gasteiger partial charge in [-0.3, -0.25) is 4.90 Å². The van der Waals surface area contributed by atoms with Crippen LogP contribution in [0, 0.1) is 6.92 Å². The molecule has 1 fully saturated rings. The Bertz CT molecular complexity index is 1230. The summed E-state index contributed by atoms with van der Waals surface area (Å²) in [4.78, 5) is 2.35. The average Bonchev–Trinajstić information content (AvgIpc) is 3.59. The Balaban J connectivity index is 1.40. The molecule has 0 saturated carbocycles. The van der Waals surface area contributed by atoms with Crippen LogP contribution < -0.4 is 9.47 Å². The Labute approximate surface area is 192 Å². The lowest BCUT2D eigenvalue weighted by molar-refractivity contribution is 0.220. The maximum Gasteiger partial charge on any atom is 0.253 e. The van der Waals surface area contributed by atoms with E-state index in [1.807, 2.05) is 49.4 Å². The van der Waals surface area contributed by atoms with Gasteiger partial charge in [0.1, 0.15) is 28.5 Å². The monoisotopic (exact) mass is 446 g/mol. The molecule has 33 heavy (non-hydrogen) atoms. The fourth-order valence-corrected chi connectivity index (χ4v) is 4.47. The van der Waals surface area contributed by atoms with E-state index < -0.39 is 0 Å². The van der Waals surface area contributed by atoms with Gasteiger partial charge in [-0.05, 0) is 32.4 Å². The van der Waals surface area contributed by atoms with E-state index in [2.05, 4.69) is 26.3 Å². The summed E-state index contributed by atoms with van der Waals surface area (Å²) in [5.41, 5.74) is 3.51. The minimum atomic E-state index is 0.207. The topological polar surface area (TPSA) is 86.7 Å². The van der Waals surface area contributed by atoms with Crippen LogP contribution in [0.2, 0.25) is 0 Å². The van der Waals surface area contributed by atoms with Gasteiger partial charge in [-0.2, -0.15) is 0 Å². The molecular weight excluding hydrogens is 420 g/mol. The summed E-state index contributed by atoms with van der Waals surface area (Å²) >= 11 is 0. The quantitative estimate of drug-likeness (QED) is 0.390. The zero-order chi connectivity index (χ0) is 22.8. The van der Waals surface area contributed by atoms with Gasteiger partial charge in [0.05, 0.1) is 20.8 Å². The number of methoxy groups -OCH3 is 2. The van der Waals surface area contributed by atoms with Crippen molar-refractivity contribution in [2.75, 3.05) is 20.8 Å². The molecule has 2 aromatic carbocycles. The first-order valence-corrected chi connectivity index (χ1v) is 11.0. The summed E-state index contributed by atoms with van der Waals surface area (Å²) in [6.45, 7) is 3.35. The number of ether oxygens (including phenoxy) is 2. The second kappa shape index (κ2) is 9.07. The van der Waals surface area contributed by atoms with Crippen molar-refractivity contribution in [3.05, 3.63) is 65.7 Å². The molecule has 0 radical (unpaired) electrons. The van der Waals surface area contributed by atoms with Crippen molar-refractivity contribution in [2.24, 2.45) is 0 Å². The third kappa shape index (κ3) is 4.09. The van der Waals surface area contributed by atoms with E-state index in [0.717, 1.165) is 47.6 Å². The van der Waals surface area contributed by atoms with Crippen LogP contribution in [0.25, 0.3) is 22.7 Å². The summed E-state index contributed by atoms with van der Waals surface area (Å²) in [6, 6.07) is 16.0. The first kappa shape index (κ1) is 21.2. The number of aryl methyl sites for hydroxylation is 1. The SMILES string of the molecule is COc1ccc([C@@H]2CCCN2Cc2nnc(-c3c(-c4ccccc4)noc3C)o2)c(OC)c1. The van der Waals surface area contributed by atoms with Gasteiger partial charge in [0, 0.05) is 23.2 Å². The molecule has 1 atom stereocenters. The van der Waals surface area contributed by atoms with Crippen LogP contribution >= 0.6 is 0 Å². The highest BCUT2D eigenvalue weighted by Gasteiger charge is 2.30. The van der Waals surface area contributed by atoms with Gasteiger partial charge in [-0.25, -0.2) is 0 Å². The Morgan fingerprint density at radius 1 is 1.06 bits per heavy atom. The Morgan fingerprint density at radius 3 is 2.70 bits per heavy atom. The van der Waals surface area contributed by atoms with Crippen molar-refractivity contribution < 1.29 is 18.4 Å². The van der Waals surface area contributed by atoms with Gasteiger partial charge >= 0.3 is 0 Å². The van der Waals surface area contributed by atoms with E-state index in [1.165, 1.54) is 0 Å². The number of aromatic nitrogens is 3. The molecule has 0 bridgehead atoms. The molecule has 170 valence electrons. The molecule has 1 saturated heterocycles. The van der Waals surface area contributed by atoms with E-state index in [9.17, 15) is 0 Å². The predicted octanol–water partition coefficient (Wildman–Crippen LogP) is 5.05. The maximum atomic E-state index is 6.10. The highest BCUT2D eigenvalue weighted by molar-refractivity contribution is 5.77. The van der Waals surface area contributed by atoms with Crippen LogP contribution in [0.4, 0.5) is 0 Å². The van der Waals surface area contributed by atoms with Gasteiger partial charge < -0.3 is 18.4 Å². The van der Waals surface area contributed by atoms with Gasteiger partial charge in [-0.1, -0.05) is 41.6 Å². The third-order valence-electron chi connectivity index (χ3n) is 6.09. The number of rotatable bonds is 7. The predicted molar refractivity (Wildman–Crippen MR) is 122 cm³/mol. The molecule has 1 aliphatic heterocycles. The van der Waals surface area contributed by atoms with E-state index in [4.69, 9.17) is 18.4 Å². The van der Waals surface area contributed by atoms with Crippen molar-refractivity contribution in [3.8, 4) is 34.2 Å². The van der Waals surface area contributed by atoms with Crippen molar-refractivity contribution in [1.29, 1.82) is 0 Å². The first-order chi connectivity index (χ1) is 16.2. The van der Waals surface area contributed by atoms with E-state index in [-0.39, 0.29) is 6.04 Å². The number of likely N-dealkylation sites (tertiary alicyclic amines) is 1. The van der Waals surface area contributed by atoms with Crippen LogP contribution in [0.3, 0.4) is 0 Å². The molecular formula is C25H26N4O4. The molecule has 5 rings (SSSR count). The standard InChI is InChI=1S/C25H26N4O4/c1-16-23(24(28-33-16)17-8-5-4-6-9-17)25-27-26-22(32-25)15-29-13-7-10-20(29)19-12-11-18(30-2)14-21(19)31-3/h4-6,8-9,11-12,14,20H,7,10,13,15H2,1-3H3/t20-/m0/s1. The molecule has 1 aliphatic rings. The van der Waals surface area contributed by atoms with Crippen LogP contribution in [0.15, 0.2) is 57.5 Å². The first-order valence-electron chi connectivity index (χ1n) is 11.0. The summed E-state index contributed by atoms with van der Waals surface area (Å²) < 4.78 is 22.5. The highest BCUT2D eigenvalue weighted by Crippen LogP contribution is 2.40. The molecule has 2 aromatic heterocycles. The molecule has 0 spiro atoms. The molecule has 0 N–H and O–H groups in total. The van der Waals surface area contributed by atoms with Crippen molar-refractivity contribution in [2.45, 2.75) is 32.4 Å². The second-order valence-corrected chi connectivity index (χ2v) is 8.07. The number of hydrogen-bond donors (Lipinski definition) is 0. The van der Waals surface area contributed by atoms with Crippen LogP contribution in [-0.2, 0) is 6.54 Å². The van der Waals surface area contributed by atoms with Gasteiger partial charge in [-0.15, -0.1) is 10.2 Å². The molecule has 3 heterocycles. The second-order valence-electron chi connectivity index (χ2n) is 8.07. The van der Waals surface area contributed by atoms with Gasteiger partial charge in [0.25, 0.3) is 5.89 Å². The van der Waals surface area contributed by atoms with E-state index in [0.29, 0.717) is 29.8 Å². The molecule has 0 aliphatic carbocycles. The zero-order valence-electron chi connectivity index (χ0n) is 18.9. The normalized spacial score (nSPS) is 16.3. The lowest BCUT2D eigenvalue weighted by atomic mass is 10.0. The summed E-state index contributed by atoms with van der Waals surface area (Å²) in [5.74, 6) is 3.22. The zero-order valence-corrected chi connectivity index (χ0v) is 18.9. The minimum Gasteiger partial charge on any atom is -0.497 e. The lowest BCUT2D eigenvalue weighted by Crippen LogP contribution is -2.23. The summed E-state index contributed by atoms with van der Waals surface area (Å²) in [5, 5.41) is 12.9. The molecule has 8 heteroatoms. The number of hydrogen-bond acceptors (Lipinski definition) is 8. The van der Waals surface area contributed by atoms with E-state index >= 15 is 0 Å². The maximum absolute atomic E-state index is 6.10. The lowest BCUT2D eigenvalue weighted by Gasteiger charge is -2.25. The Hall–Kier alpha value is -3.65. The van der Waals surface area contributed by atoms with Crippen molar-refractivity contribution in [1.82, 2.24) is 20.3 Å². The average molecular weight is 447 g/mol. The molecule has 8 nitrogen and oxygen atoms in total. The fourth-order valence-electron chi connectivity index (χ4n) is 4.47. The van der Waals surface area contributed by atoms with Crippen LogP contribution in [0.5, 0.6) is 11.5 Å². The van der Waals surface area contributed by atoms with Crippen LogP contribution in [-0.4, -0.2) is 41.0 Å². The van der Waals surface area contributed by atoms with Gasteiger partial charge in [0.15, 0.2) is 0 Å². The van der Waals surface area contributed by atoms with Crippen molar-refractivity contribution >= 4 is 0 Å². The summed E-state index contributed by atoms with van der Waals surface area (Å²) in [6.07, 6.45) is 2.12. The molecule has 4 aromatic rings. The third-order valence-corrected chi connectivity index (χ3v) is 6.09. The number of benzene rings is 2. The molecule has 0 amide bonds. The van der Waals surface area contributed by atoms with Crippen LogP contribution in [0.1, 0.15) is 36.1 Å². The summed E-state index contributed by atoms with van der Waals surface area (Å²) in [7, 11) is 3.34. The smallest absolute Gasteiger partial charge is 0.253 e. The Kier molecular flexibility index (Phi) is 5.83. The largest absolute Gasteiger partial charge is 0.497 e. The van der Waals surface area contributed by atoms with E-state index in [1.54, 1.807) is 14.2 Å².